The first-order chi connectivity index (χ1) is 16.1. The first-order valence-electron chi connectivity index (χ1n) is 10.5. The minimum absolute atomic E-state index is 0.233. The van der Waals surface area contributed by atoms with Crippen molar-refractivity contribution in [1.82, 2.24) is 10.1 Å². The summed E-state index contributed by atoms with van der Waals surface area (Å²) >= 11 is 7.30. The highest BCUT2D eigenvalue weighted by Gasteiger charge is 2.22. The lowest BCUT2D eigenvalue weighted by Crippen LogP contribution is -2.12. The van der Waals surface area contributed by atoms with Gasteiger partial charge in [0.05, 0.1) is 20.5 Å². The summed E-state index contributed by atoms with van der Waals surface area (Å²) < 4.78 is 5.35. The van der Waals surface area contributed by atoms with E-state index in [0.29, 0.717) is 37.9 Å². The van der Waals surface area contributed by atoms with Crippen molar-refractivity contribution in [1.29, 1.82) is 0 Å². The number of amides is 2. The Morgan fingerprint density at radius 2 is 1.71 bits per heavy atom. The average molecular weight is 495 g/mol. The van der Waals surface area contributed by atoms with Gasteiger partial charge in [0.2, 0.25) is 11.7 Å². The molecule has 0 fully saturated rings. The van der Waals surface area contributed by atoms with Crippen LogP contribution in [0.5, 0.6) is 0 Å². The number of halogens is 1. The normalized spacial score (nSPS) is 11.3. The first-order valence-corrected chi connectivity index (χ1v) is 11.7. The Morgan fingerprint density at radius 1 is 1.00 bits per heavy atom. The van der Waals surface area contributed by atoms with E-state index in [1.807, 2.05) is 39.8 Å². The lowest BCUT2D eigenvalue weighted by molar-refractivity contribution is 0.102. The molecule has 2 aromatic carbocycles. The molecule has 34 heavy (non-hydrogen) atoms. The fourth-order valence-electron chi connectivity index (χ4n) is 3.13. The van der Waals surface area contributed by atoms with Crippen LogP contribution in [0.25, 0.3) is 11.4 Å². The monoisotopic (exact) mass is 494 g/mol. The van der Waals surface area contributed by atoms with Crippen molar-refractivity contribution in [3.05, 3.63) is 81.5 Å². The summed E-state index contributed by atoms with van der Waals surface area (Å²) in [7, 11) is 0. The molecule has 2 amide bonds. The van der Waals surface area contributed by atoms with Crippen LogP contribution in [0.2, 0.25) is 5.02 Å². The van der Waals surface area contributed by atoms with Crippen molar-refractivity contribution in [2.75, 3.05) is 10.6 Å². The van der Waals surface area contributed by atoms with Crippen molar-refractivity contribution in [2.24, 2.45) is 0 Å². The summed E-state index contributed by atoms with van der Waals surface area (Å²) in [5.74, 6) is 0.467. The second-order valence-electron chi connectivity index (χ2n) is 8.76. The molecule has 0 spiro atoms. The van der Waals surface area contributed by atoms with Gasteiger partial charge in [-0.15, -0.1) is 11.3 Å². The van der Waals surface area contributed by atoms with Gasteiger partial charge >= 0.3 is 0 Å². The van der Waals surface area contributed by atoms with Crippen LogP contribution >= 0.6 is 22.9 Å². The number of carbonyl (C=O) groups is 2. The van der Waals surface area contributed by atoms with Crippen molar-refractivity contribution in [3.63, 3.8) is 0 Å². The van der Waals surface area contributed by atoms with Gasteiger partial charge in [-0.2, -0.15) is 4.98 Å². The Bertz CT molecular complexity index is 1350. The van der Waals surface area contributed by atoms with E-state index in [9.17, 15) is 9.59 Å². The van der Waals surface area contributed by atoms with Crippen LogP contribution in [0.3, 0.4) is 0 Å². The standard InChI is InChI=1S/C25H23ClN4O3S/c1-14-13-19(28-22(31)17-7-5-6-8-18(17)26)34-20(14)23(32)27-16-11-9-15(10-12-16)21-29-24(33-30-21)25(2,3)4/h5-13H,1-4H3,(H,27,32)(H,28,31). The molecule has 0 radical (unpaired) electrons. The minimum Gasteiger partial charge on any atom is -0.338 e. The first kappa shape index (κ1) is 23.7. The van der Waals surface area contributed by atoms with Gasteiger partial charge in [0.25, 0.3) is 11.8 Å². The second-order valence-corrected chi connectivity index (χ2v) is 10.2. The molecule has 2 N–H and O–H groups in total. The fourth-order valence-corrected chi connectivity index (χ4v) is 4.31. The van der Waals surface area contributed by atoms with Gasteiger partial charge in [-0.1, -0.05) is 49.7 Å². The van der Waals surface area contributed by atoms with E-state index in [4.69, 9.17) is 16.1 Å². The molecule has 0 saturated carbocycles. The molecule has 0 aliphatic rings. The van der Waals surface area contributed by atoms with E-state index in [2.05, 4.69) is 20.8 Å². The second kappa shape index (κ2) is 9.40. The zero-order valence-corrected chi connectivity index (χ0v) is 20.7. The van der Waals surface area contributed by atoms with Gasteiger partial charge in [0.1, 0.15) is 0 Å². The van der Waals surface area contributed by atoms with Crippen molar-refractivity contribution in [3.8, 4) is 11.4 Å². The van der Waals surface area contributed by atoms with E-state index in [1.54, 1.807) is 42.5 Å². The number of nitrogens with one attached hydrogen (secondary N) is 2. The smallest absolute Gasteiger partial charge is 0.266 e. The molecule has 0 aliphatic heterocycles. The number of aromatic nitrogens is 2. The summed E-state index contributed by atoms with van der Waals surface area (Å²) in [5, 5.41) is 10.7. The number of aryl methyl sites for hydroxylation is 1. The molecule has 0 aliphatic carbocycles. The van der Waals surface area contributed by atoms with Crippen molar-refractivity contribution >= 4 is 45.4 Å². The molecule has 0 atom stereocenters. The minimum atomic E-state index is -0.328. The number of hydrogen-bond donors (Lipinski definition) is 2. The summed E-state index contributed by atoms with van der Waals surface area (Å²) in [6.07, 6.45) is 0. The molecule has 2 aromatic heterocycles. The number of carbonyl (C=O) groups excluding carboxylic acids is 2. The Kier molecular flexibility index (Phi) is 6.54. The third kappa shape index (κ3) is 5.18. The maximum absolute atomic E-state index is 12.9. The quantitative estimate of drug-likeness (QED) is 0.327. The Balaban J connectivity index is 1.44. The highest BCUT2D eigenvalue weighted by Crippen LogP contribution is 2.29. The van der Waals surface area contributed by atoms with Crippen molar-refractivity contribution < 1.29 is 14.1 Å². The van der Waals surface area contributed by atoms with Crippen LogP contribution < -0.4 is 10.6 Å². The molecular formula is C25H23ClN4O3S. The van der Waals surface area contributed by atoms with Crippen LogP contribution in [-0.4, -0.2) is 22.0 Å². The maximum atomic E-state index is 12.9. The predicted octanol–water partition coefficient (Wildman–Crippen LogP) is 6.56. The summed E-state index contributed by atoms with van der Waals surface area (Å²) in [5.41, 5.74) is 2.31. The third-order valence-corrected chi connectivity index (χ3v) is 6.43. The highest BCUT2D eigenvalue weighted by atomic mass is 35.5. The maximum Gasteiger partial charge on any atom is 0.266 e. The van der Waals surface area contributed by atoms with Crippen LogP contribution in [0, 0.1) is 6.92 Å². The zero-order valence-electron chi connectivity index (χ0n) is 19.1. The van der Waals surface area contributed by atoms with Gasteiger partial charge in [-0.25, -0.2) is 0 Å². The van der Waals surface area contributed by atoms with E-state index in [-0.39, 0.29) is 17.2 Å². The predicted molar refractivity (Wildman–Crippen MR) is 135 cm³/mol. The molecule has 4 rings (SSSR count). The summed E-state index contributed by atoms with van der Waals surface area (Å²) in [6, 6.07) is 15.8. The Morgan fingerprint density at radius 3 is 2.35 bits per heavy atom. The number of hydrogen-bond acceptors (Lipinski definition) is 6. The van der Waals surface area contributed by atoms with Crippen LogP contribution in [0.4, 0.5) is 10.7 Å². The van der Waals surface area contributed by atoms with Crippen molar-refractivity contribution in [2.45, 2.75) is 33.1 Å². The molecular weight excluding hydrogens is 472 g/mol. The largest absolute Gasteiger partial charge is 0.338 e. The topological polar surface area (TPSA) is 97.1 Å². The average Bonchev–Trinajstić information content (AvgIpc) is 3.42. The Labute approximate surface area is 206 Å². The van der Waals surface area contributed by atoms with E-state index < -0.39 is 0 Å². The molecule has 2 heterocycles. The number of benzene rings is 2. The summed E-state index contributed by atoms with van der Waals surface area (Å²) in [6.45, 7) is 7.83. The molecule has 0 unspecified atom stereocenters. The number of rotatable bonds is 5. The highest BCUT2D eigenvalue weighted by molar-refractivity contribution is 7.18. The fraction of sp³-hybridized carbons (Fsp3) is 0.200. The molecule has 7 nitrogen and oxygen atoms in total. The zero-order chi connectivity index (χ0) is 24.5. The van der Waals surface area contributed by atoms with Crippen LogP contribution in [0.15, 0.2) is 59.1 Å². The molecule has 0 saturated heterocycles. The van der Waals surface area contributed by atoms with Gasteiger partial charge in [0, 0.05) is 16.7 Å². The molecule has 9 heteroatoms. The lowest BCUT2D eigenvalue weighted by atomic mass is 9.97. The Hall–Kier alpha value is -3.49. The van der Waals surface area contributed by atoms with E-state index >= 15 is 0 Å². The molecule has 0 bridgehead atoms. The van der Waals surface area contributed by atoms with Gasteiger partial charge < -0.3 is 15.2 Å². The van der Waals surface area contributed by atoms with Gasteiger partial charge in [-0.3, -0.25) is 9.59 Å². The van der Waals surface area contributed by atoms with E-state index in [1.165, 1.54) is 11.3 Å². The number of nitrogens with zero attached hydrogens (tertiary/aromatic N) is 2. The summed E-state index contributed by atoms with van der Waals surface area (Å²) in [4.78, 5) is 30.3. The molecule has 4 aromatic rings. The SMILES string of the molecule is Cc1cc(NC(=O)c2ccccc2Cl)sc1C(=O)Nc1ccc(-c2noc(C(C)(C)C)n2)cc1. The van der Waals surface area contributed by atoms with Crippen LogP contribution in [0.1, 0.15) is 52.3 Å². The lowest BCUT2D eigenvalue weighted by Gasteiger charge is -2.10. The van der Waals surface area contributed by atoms with Gasteiger partial charge in [-0.05, 0) is 55.0 Å². The number of thiophene rings is 1. The number of anilines is 2. The molecule has 174 valence electrons. The van der Waals surface area contributed by atoms with E-state index in [0.717, 1.165) is 11.1 Å². The third-order valence-electron chi connectivity index (χ3n) is 4.95. The van der Waals surface area contributed by atoms with Crippen LogP contribution in [-0.2, 0) is 5.41 Å². The van der Waals surface area contributed by atoms with Gasteiger partial charge in [0.15, 0.2) is 0 Å².